The van der Waals surface area contributed by atoms with Gasteiger partial charge < -0.3 is 0 Å². The van der Waals surface area contributed by atoms with Crippen molar-refractivity contribution in [3.05, 3.63) is 98.9 Å². The monoisotopic (exact) mass is 441 g/mol. The first-order chi connectivity index (χ1) is 15.5. The maximum absolute atomic E-state index is 13.1. The first-order valence-electron chi connectivity index (χ1n) is 9.78. The van der Waals surface area contributed by atoms with Crippen LogP contribution in [0.2, 0.25) is 0 Å². The fraction of sp³-hybridized carbons (Fsp3) is 0.0417. The zero-order chi connectivity index (χ0) is 22.2. The second kappa shape index (κ2) is 7.90. The fourth-order valence-electron chi connectivity index (χ4n) is 3.79. The molecule has 7 nitrogen and oxygen atoms in total. The Hall–Kier alpha value is -4.04. The maximum Gasteiger partial charge on any atom is 0.293 e. The van der Waals surface area contributed by atoms with Crippen molar-refractivity contribution >= 4 is 56.5 Å². The van der Waals surface area contributed by atoms with Gasteiger partial charge in [0.15, 0.2) is 0 Å². The van der Waals surface area contributed by atoms with Crippen LogP contribution in [0.3, 0.4) is 0 Å². The van der Waals surface area contributed by atoms with E-state index in [9.17, 15) is 19.7 Å². The predicted octanol–water partition coefficient (Wildman–Crippen LogP) is 5.53. The highest BCUT2D eigenvalue weighted by atomic mass is 32.2. The van der Waals surface area contributed by atoms with Crippen LogP contribution in [-0.2, 0) is 11.3 Å². The van der Waals surface area contributed by atoms with E-state index in [-0.39, 0.29) is 17.1 Å². The number of imide groups is 1. The summed E-state index contributed by atoms with van der Waals surface area (Å²) in [6.07, 6.45) is 1.72. The number of nitro groups is 1. The molecule has 2 amide bonds. The molecule has 8 heteroatoms. The molecule has 1 fully saturated rings. The van der Waals surface area contributed by atoms with Gasteiger partial charge in [-0.1, -0.05) is 54.6 Å². The van der Waals surface area contributed by atoms with Crippen molar-refractivity contribution in [1.29, 1.82) is 0 Å². The molecule has 156 valence electrons. The maximum atomic E-state index is 13.1. The highest BCUT2D eigenvalue weighted by molar-refractivity contribution is 8.18. The molecule has 2 heterocycles. The van der Waals surface area contributed by atoms with Crippen molar-refractivity contribution in [3.63, 3.8) is 0 Å². The lowest BCUT2D eigenvalue weighted by Crippen LogP contribution is -2.27. The van der Waals surface area contributed by atoms with Gasteiger partial charge in [0.2, 0.25) is 0 Å². The number of amides is 2. The second-order valence-corrected chi connectivity index (χ2v) is 8.21. The molecule has 0 saturated carbocycles. The van der Waals surface area contributed by atoms with E-state index in [2.05, 4.69) is 4.98 Å². The highest BCUT2D eigenvalue weighted by Crippen LogP contribution is 2.37. The van der Waals surface area contributed by atoms with E-state index in [1.807, 2.05) is 48.5 Å². The van der Waals surface area contributed by atoms with Crippen LogP contribution in [0.5, 0.6) is 0 Å². The largest absolute Gasteiger partial charge is 0.293 e. The smallest absolute Gasteiger partial charge is 0.268 e. The van der Waals surface area contributed by atoms with Crippen LogP contribution < -0.4 is 0 Å². The Labute approximate surface area is 186 Å². The topological polar surface area (TPSA) is 93.4 Å². The van der Waals surface area contributed by atoms with Gasteiger partial charge in [-0.15, -0.1) is 0 Å². The predicted molar refractivity (Wildman–Crippen MR) is 124 cm³/mol. The van der Waals surface area contributed by atoms with Gasteiger partial charge >= 0.3 is 0 Å². The molecule has 4 aromatic rings. The summed E-state index contributed by atoms with van der Waals surface area (Å²) in [5.74, 6) is -0.469. The Bertz CT molecular complexity index is 1410. The quantitative estimate of drug-likeness (QED) is 0.179. The van der Waals surface area contributed by atoms with Crippen molar-refractivity contribution in [3.8, 4) is 0 Å². The Morgan fingerprint density at radius 1 is 0.906 bits per heavy atom. The number of nitrogens with zero attached hydrogens (tertiary/aromatic N) is 3. The minimum atomic E-state index is -0.514. The molecule has 0 unspecified atom stereocenters. The van der Waals surface area contributed by atoms with Gasteiger partial charge in [0.25, 0.3) is 16.8 Å². The average Bonchev–Trinajstić information content (AvgIpc) is 3.06. The Morgan fingerprint density at radius 3 is 2.16 bits per heavy atom. The first-order valence-corrected chi connectivity index (χ1v) is 10.6. The molecule has 3 aromatic carbocycles. The van der Waals surface area contributed by atoms with E-state index in [1.54, 1.807) is 24.3 Å². The van der Waals surface area contributed by atoms with Gasteiger partial charge in [-0.3, -0.25) is 24.6 Å². The van der Waals surface area contributed by atoms with E-state index in [0.717, 1.165) is 44.0 Å². The molecule has 1 aromatic heterocycles. The second-order valence-electron chi connectivity index (χ2n) is 7.21. The summed E-state index contributed by atoms with van der Waals surface area (Å²) in [4.78, 5) is 42.5. The molecular formula is C24H15N3O4S. The zero-order valence-corrected chi connectivity index (χ0v) is 17.4. The molecule has 0 radical (unpaired) electrons. The van der Waals surface area contributed by atoms with Crippen molar-refractivity contribution < 1.29 is 14.5 Å². The normalized spacial score (nSPS) is 15.2. The Balaban J connectivity index is 1.58. The van der Waals surface area contributed by atoms with Gasteiger partial charge in [-0.2, -0.15) is 0 Å². The third-order valence-electron chi connectivity index (χ3n) is 5.30. The average molecular weight is 441 g/mol. The SMILES string of the molecule is O=C1S/C(=C\c2c3ccccc3nc3ccccc23)C(=O)N1Cc1ccccc1[N+](=O)[O-]. The summed E-state index contributed by atoms with van der Waals surface area (Å²) in [6, 6.07) is 21.4. The summed E-state index contributed by atoms with van der Waals surface area (Å²) in [6.45, 7) is -0.156. The lowest BCUT2D eigenvalue weighted by atomic mass is 10.0. The molecule has 0 N–H and O–H groups in total. The van der Waals surface area contributed by atoms with Crippen LogP contribution in [0.25, 0.3) is 27.9 Å². The molecular weight excluding hydrogens is 426 g/mol. The van der Waals surface area contributed by atoms with E-state index < -0.39 is 16.1 Å². The number of carbonyl (C=O) groups excluding carboxylic acids is 2. The number of pyridine rings is 1. The lowest BCUT2D eigenvalue weighted by molar-refractivity contribution is -0.385. The first kappa shape index (κ1) is 19.9. The van der Waals surface area contributed by atoms with Gasteiger partial charge in [-0.25, -0.2) is 4.98 Å². The fourth-order valence-corrected chi connectivity index (χ4v) is 4.61. The van der Waals surface area contributed by atoms with E-state index in [0.29, 0.717) is 5.56 Å². The minimum absolute atomic E-state index is 0.123. The van der Waals surface area contributed by atoms with Crippen LogP contribution in [0, 0.1) is 10.1 Å². The molecule has 32 heavy (non-hydrogen) atoms. The molecule has 5 rings (SSSR count). The van der Waals surface area contributed by atoms with Crippen LogP contribution in [0.4, 0.5) is 10.5 Å². The van der Waals surface area contributed by atoms with Gasteiger partial charge in [0.1, 0.15) is 0 Å². The van der Waals surface area contributed by atoms with Gasteiger partial charge in [0, 0.05) is 22.4 Å². The van der Waals surface area contributed by atoms with E-state index in [1.165, 1.54) is 6.07 Å². The molecule has 0 spiro atoms. The number of hydrogen-bond acceptors (Lipinski definition) is 6. The summed E-state index contributed by atoms with van der Waals surface area (Å²) in [7, 11) is 0. The highest BCUT2D eigenvalue weighted by Gasteiger charge is 2.36. The molecule has 1 aliphatic heterocycles. The molecule has 0 atom stereocenters. The van der Waals surface area contributed by atoms with Gasteiger partial charge in [-0.05, 0) is 35.5 Å². The van der Waals surface area contributed by atoms with E-state index in [4.69, 9.17) is 0 Å². The third kappa shape index (κ3) is 3.40. The molecule has 1 saturated heterocycles. The number of thioether (sulfide) groups is 1. The zero-order valence-electron chi connectivity index (χ0n) is 16.6. The van der Waals surface area contributed by atoms with Crippen molar-refractivity contribution in [2.45, 2.75) is 6.54 Å². The summed E-state index contributed by atoms with van der Waals surface area (Å²) < 4.78 is 0. The van der Waals surface area contributed by atoms with Crippen LogP contribution in [0.15, 0.2) is 77.7 Å². The number of fused-ring (bicyclic) bond motifs is 2. The molecule has 0 aliphatic carbocycles. The number of carbonyl (C=O) groups is 2. The number of nitro benzene ring substituents is 1. The van der Waals surface area contributed by atoms with Crippen molar-refractivity contribution in [2.24, 2.45) is 0 Å². The summed E-state index contributed by atoms with van der Waals surface area (Å²) >= 11 is 0.836. The number of para-hydroxylation sites is 3. The Morgan fingerprint density at radius 2 is 1.50 bits per heavy atom. The van der Waals surface area contributed by atoms with Gasteiger partial charge in [0.05, 0.1) is 27.4 Å². The van der Waals surface area contributed by atoms with E-state index >= 15 is 0 Å². The molecule has 1 aliphatic rings. The minimum Gasteiger partial charge on any atom is -0.268 e. The number of benzene rings is 3. The summed E-state index contributed by atoms with van der Waals surface area (Å²) in [5.41, 5.74) is 2.57. The lowest BCUT2D eigenvalue weighted by Gasteiger charge is -2.12. The van der Waals surface area contributed by atoms with Crippen LogP contribution in [0.1, 0.15) is 11.1 Å². The van der Waals surface area contributed by atoms with Crippen molar-refractivity contribution in [2.75, 3.05) is 0 Å². The number of hydrogen-bond donors (Lipinski definition) is 0. The summed E-state index contributed by atoms with van der Waals surface area (Å²) in [5, 5.41) is 12.6. The Kier molecular flexibility index (Phi) is 4.91. The molecule has 0 bridgehead atoms. The number of rotatable bonds is 4. The van der Waals surface area contributed by atoms with Crippen LogP contribution >= 0.6 is 11.8 Å². The number of aromatic nitrogens is 1. The third-order valence-corrected chi connectivity index (χ3v) is 6.20. The van der Waals surface area contributed by atoms with Crippen molar-refractivity contribution in [1.82, 2.24) is 9.88 Å². The standard InChI is InChI=1S/C24H15N3O4S/c28-23-22(32-24(29)26(23)14-15-7-1-6-12-21(15)27(30)31)13-18-16-8-2-4-10-19(16)25-20-11-5-3-9-17(18)20/h1-13H,14H2/b22-13-. The van der Waals surface area contributed by atoms with Crippen LogP contribution in [-0.4, -0.2) is 26.0 Å².